The summed E-state index contributed by atoms with van der Waals surface area (Å²) in [6.07, 6.45) is 6.30. The van der Waals surface area contributed by atoms with E-state index in [0.29, 0.717) is 31.1 Å². The van der Waals surface area contributed by atoms with Gasteiger partial charge in [-0.25, -0.2) is 0 Å². The molecule has 0 radical (unpaired) electrons. The Labute approximate surface area is 177 Å². The number of carbonyl (C=O) groups excluding carboxylic acids is 1. The lowest BCUT2D eigenvalue weighted by atomic mass is 10.2. The standard InChI is InChI=1S/C19H39N5O.HI/c1-15(2)24(16(3)4)14-8-12-21-19(20-5)22-13-11-18(25)23-17-9-6-7-10-17;/h15-17H,6-14H2,1-5H3,(H,23,25)(H2,20,21,22);1H. The number of aliphatic imine (C=N–C) groups is 1. The van der Waals surface area contributed by atoms with Crippen LogP contribution < -0.4 is 16.0 Å². The lowest BCUT2D eigenvalue weighted by Gasteiger charge is -2.30. The van der Waals surface area contributed by atoms with Crippen LogP contribution in [-0.4, -0.2) is 61.6 Å². The molecule has 3 N–H and O–H groups in total. The molecular formula is C19H40IN5O. The number of carbonyl (C=O) groups is 1. The first-order valence-electron chi connectivity index (χ1n) is 9.93. The van der Waals surface area contributed by atoms with Crippen molar-refractivity contribution in [2.75, 3.05) is 26.7 Å². The highest BCUT2D eigenvalue weighted by Gasteiger charge is 2.16. The smallest absolute Gasteiger partial charge is 0.221 e. The number of hydrogen-bond donors (Lipinski definition) is 3. The number of nitrogens with one attached hydrogen (secondary N) is 3. The van der Waals surface area contributed by atoms with E-state index < -0.39 is 0 Å². The van der Waals surface area contributed by atoms with Gasteiger partial charge in [-0.05, 0) is 47.0 Å². The first-order valence-corrected chi connectivity index (χ1v) is 9.93. The number of nitrogens with zero attached hydrogens (tertiary/aromatic N) is 2. The van der Waals surface area contributed by atoms with Gasteiger partial charge in [0.1, 0.15) is 0 Å². The molecule has 0 aromatic carbocycles. The summed E-state index contributed by atoms with van der Waals surface area (Å²) in [6, 6.07) is 1.53. The summed E-state index contributed by atoms with van der Waals surface area (Å²) < 4.78 is 0. The molecule has 0 spiro atoms. The SMILES string of the molecule is CN=C(NCCCN(C(C)C)C(C)C)NCCC(=O)NC1CCCC1.I. The van der Waals surface area contributed by atoms with Crippen molar-refractivity contribution in [1.82, 2.24) is 20.9 Å². The number of hydrogen-bond acceptors (Lipinski definition) is 3. The Morgan fingerprint density at radius 2 is 1.65 bits per heavy atom. The van der Waals surface area contributed by atoms with Gasteiger partial charge in [0.25, 0.3) is 0 Å². The van der Waals surface area contributed by atoms with Crippen molar-refractivity contribution in [3.63, 3.8) is 0 Å². The molecule has 154 valence electrons. The maximum atomic E-state index is 11.9. The highest BCUT2D eigenvalue weighted by atomic mass is 127. The van der Waals surface area contributed by atoms with Crippen molar-refractivity contribution in [3.8, 4) is 0 Å². The quantitative estimate of drug-likeness (QED) is 0.194. The first-order chi connectivity index (χ1) is 11.9. The van der Waals surface area contributed by atoms with Crippen molar-refractivity contribution < 1.29 is 4.79 Å². The van der Waals surface area contributed by atoms with Crippen LogP contribution in [0.3, 0.4) is 0 Å². The molecule has 1 aliphatic carbocycles. The molecule has 1 rings (SSSR count). The van der Waals surface area contributed by atoms with Crippen LogP contribution in [0, 0.1) is 0 Å². The second-order valence-electron chi connectivity index (χ2n) is 7.50. The van der Waals surface area contributed by atoms with Crippen LogP contribution in [-0.2, 0) is 4.79 Å². The third-order valence-electron chi connectivity index (χ3n) is 4.80. The minimum absolute atomic E-state index is 0. The second-order valence-corrected chi connectivity index (χ2v) is 7.50. The molecule has 1 amide bonds. The van der Waals surface area contributed by atoms with Crippen LogP contribution in [0.2, 0.25) is 0 Å². The monoisotopic (exact) mass is 481 g/mol. The summed E-state index contributed by atoms with van der Waals surface area (Å²) in [5, 5.41) is 9.67. The summed E-state index contributed by atoms with van der Waals surface area (Å²) in [5.74, 6) is 0.911. The van der Waals surface area contributed by atoms with E-state index in [1.165, 1.54) is 12.8 Å². The molecule has 0 unspecified atom stereocenters. The molecule has 0 aliphatic heterocycles. The van der Waals surface area contributed by atoms with Gasteiger partial charge < -0.3 is 16.0 Å². The molecule has 7 heteroatoms. The van der Waals surface area contributed by atoms with Crippen molar-refractivity contribution in [1.29, 1.82) is 0 Å². The van der Waals surface area contributed by atoms with Gasteiger partial charge >= 0.3 is 0 Å². The minimum atomic E-state index is 0. The lowest BCUT2D eigenvalue weighted by molar-refractivity contribution is -0.121. The van der Waals surface area contributed by atoms with E-state index >= 15 is 0 Å². The zero-order chi connectivity index (χ0) is 18.7. The highest BCUT2D eigenvalue weighted by molar-refractivity contribution is 14.0. The highest BCUT2D eigenvalue weighted by Crippen LogP contribution is 2.17. The molecule has 26 heavy (non-hydrogen) atoms. The second kappa shape index (κ2) is 14.5. The topological polar surface area (TPSA) is 68.8 Å². The summed E-state index contributed by atoms with van der Waals surface area (Å²) in [4.78, 5) is 18.6. The molecule has 0 heterocycles. The maximum absolute atomic E-state index is 11.9. The van der Waals surface area contributed by atoms with Crippen molar-refractivity contribution in [2.24, 2.45) is 4.99 Å². The van der Waals surface area contributed by atoms with E-state index in [9.17, 15) is 4.79 Å². The van der Waals surface area contributed by atoms with Crippen LogP contribution in [0.1, 0.15) is 66.2 Å². The summed E-state index contributed by atoms with van der Waals surface area (Å²) >= 11 is 0. The molecule has 0 saturated heterocycles. The Bertz CT molecular complexity index is 401. The number of rotatable bonds is 10. The van der Waals surface area contributed by atoms with E-state index in [1.807, 2.05) is 0 Å². The minimum Gasteiger partial charge on any atom is -0.356 e. The first kappa shape index (κ1) is 25.4. The van der Waals surface area contributed by atoms with Gasteiger partial charge in [0.2, 0.25) is 5.91 Å². The van der Waals surface area contributed by atoms with Crippen LogP contribution in [0.4, 0.5) is 0 Å². The average Bonchev–Trinajstić information content (AvgIpc) is 3.04. The molecule has 1 fully saturated rings. The average molecular weight is 481 g/mol. The Hall–Kier alpha value is -0.570. The van der Waals surface area contributed by atoms with Gasteiger partial charge in [-0.15, -0.1) is 24.0 Å². The number of halogens is 1. The molecule has 0 atom stereocenters. The van der Waals surface area contributed by atoms with Gasteiger partial charge in [0.05, 0.1) is 0 Å². The molecule has 0 bridgehead atoms. The van der Waals surface area contributed by atoms with Crippen LogP contribution in [0.15, 0.2) is 4.99 Å². The third kappa shape index (κ3) is 10.5. The Morgan fingerprint density at radius 3 is 2.19 bits per heavy atom. The fourth-order valence-electron chi connectivity index (χ4n) is 3.47. The number of guanidine groups is 1. The molecule has 1 aliphatic rings. The zero-order valence-electron chi connectivity index (χ0n) is 17.3. The van der Waals surface area contributed by atoms with Gasteiger partial charge in [-0.2, -0.15) is 0 Å². The molecule has 0 aromatic rings. The largest absolute Gasteiger partial charge is 0.356 e. The fourth-order valence-corrected chi connectivity index (χ4v) is 3.47. The fraction of sp³-hybridized carbons (Fsp3) is 0.895. The van der Waals surface area contributed by atoms with E-state index in [2.05, 4.69) is 53.5 Å². The van der Waals surface area contributed by atoms with E-state index in [0.717, 1.165) is 38.3 Å². The molecule has 0 aromatic heterocycles. The van der Waals surface area contributed by atoms with E-state index in [-0.39, 0.29) is 29.9 Å². The van der Waals surface area contributed by atoms with E-state index in [4.69, 9.17) is 0 Å². The molecule has 6 nitrogen and oxygen atoms in total. The summed E-state index contributed by atoms with van der Waals surface area (Å²) in [7, 11) is 1.77. The maximum Gasteiger partial charge on any atom is 0.221 e. The van der Waals surface area contributed by atoms with Gasteiger partial charge in [-0.3, -0.25) is 14.7 Å². The van der Waals surface area contributed by atoms with Crippen molar-refractivity contribution >= 4 is 35.8 Å². The number of amides is 1. The van der Waals surface area contributed by atoms with Gasteiger partial charge in [0.15, 0.2) is 5.96 Å². The predicted molar refractivity (Wildman–Crippen MR) is 121 cm³/mol. The normalized spacial score (nSPS) is 15.5. The lowest BCUT2D eigenvalue weighted by Crippen LogP contribution is -2.42. The van der Waals surface area contributed by atoms with Crippen LogP contribution in [0.25, 0.3) is 0 Å². The zero-order valence-corrected chi connectivity index (χ0v) is 19.6. The Balaban J connectivity index is 0.00000625. The summed E-state index contributed by atoms with van der Waals surface area (Å²) in [5.41, 5.74) is 0. The molecular weight excluding hydrogens is 441 g/mol. The predicted octanol–water partition coefficient (Wildman–Crippen LogP) is 2.73. The van der Waals surface area contributed by atoms with Crippen molar-refractivity contribution in [3.05, 3.63) is 0 Å². The van der Waals surface area contributed by atoms with E-state index in [1.54, 1.807) is 7.05 Å². The molecule has 1 saturated carbocycles. The Morgan fingerprint density at radius 1 is 1.08 bits per heavy atom. The van der Waals surface area contributed by atoms with Crippen molar-refractivity contribution in [2.45, 2.75) is 84.3 Å². The summed E-state index contributed by atoms with van der Waals surface area (Å²) in [6.45, 7) is 11.5. The van der Waals surface area contributed by atoms with Crippen LogP contribution in [0.5, 0.6) is 0 Å². The Kier molecular flexibility index (Phi) is 14.2. The van der Waals surface area contributed by atoms with Gasteiger partial charge in [-0.1, -0.05) is 12.8 Å². The van der Waals surface area contributed by atoms with Gasteiger partial charge in [0, 0.05) is 51.2 Å². The van der Waals surface area contributed by atoms with Crippen LogP contribution >= 0.6 is 24.0 Å². The third-order valence-corrected chi connectivity index (χ3v) is 4.80.